The Balaban J connectivity index is 2.41. The summed E-state index contributed by atoms with van der Waals surface area (Å²) in [6.45, 7) is 10.1. The number of carbonyl (C=O) groups is 1. The molecule has 2 heteroatoms. The fourth-order valence-electron chi connectivity index (χ4n) is 2.93. The molecule has 1 atom stereocenters. The highest BCUT2D eigenvalue weighted by Gasteiger charge is 2.34. The van der Waals surface area contributed by atoms with E-state index in [9.17, 15) is 4.79 Å². The molecule has 1 unspecified atom stereocenters. The molecular formula is C16H22O2. The van der Waals surface area contributed by atoms with Crippen LogP contribution in [0, 0.1) is 20.8 Å². The lowest BCUT2D eigenvalue weighted by molar-refractivity contribution is -0.121. The third kappa shape index (κ3) is 2.29. The van der Waals surface area contributed by atoms with Crippen molar-refractivity contribution >= 4 is 5.78 Å². The summed E-state index contributed by atoms with van der Waals surface area (Å²) in [6.07, 6.45) is 2.43. The molecule has 1 heterocycles. The molecule has 2 nitrogen and oxygen atoms in total. The maximum absolute atomic E-state index is 11.4. The Morgan fingerprint density at radius 1 is 1.33 bits per heavy atom. The van der Waals surface area contributed by atoms with E-state index in [4.69, 9.17) is 4.74 Å². The van der Waals surface area contributed by atoms with Gasteiger partial charge in [-0.2, -0.15) is 0 Å². The number of hydrogen-bond acceptors (Lipinski definition) is 2. The topological polar surface area (TPSA) is 26.3 Å². The van der Waals surface area contributed by atoms with Gasteiger partial charge >= 0.3 is 0 Å². The number of rotatable bonds is 2. The lowest BCUT2D eigenvalue weighted by Gasteiger charge is -2.37. The van der Waals surface area contributed by atoms with Crippen molar-refractivity contribution in [3.05, 3.63) is 28.3 Å². The fourth-order valence-corrected chi connectivity index (χ4v) is 2.93. The molecule has 1 aromatic carbocycles. The summed E-state index contributed by atoms with van der Waals surface area (Å²) in [7, 11) is 0. The Kier molecular flexibility index (Phi) is 3.22. The molecule has 0 spiro atoms. The van der Waals surface area contributed by atoms with Gasteiger partial charge in [-0.05, 0) is 69.7 Å². The number of ether oxygens (including phenoxy) is 1. The Morgan fingerprint density at radius 2 is 2.00 bits per heavy atom. The molecule has 0 saturated carbocycles. The largest absolute Gasteiger partial charge is 0.487 e. The van der Waals surface area contributed by atoms with Gasteiger partial charge in [0, 0.05) is 6.42 Å². The minimum Gasteiger partial charge on any atom is -0.487 e. The molecule has 2 rings (SSSR count). The lowest BCUT2D eigenvalue weighted by Crippen LogP contribution is -2.38. The monoisotopic (exact) mass is 246 g/mol. The first-order chi connectivity index (χ1) is 8.32. The van der Waals surface area contributed by atoms with Crippen LogP contribution >= 0.6 is 0 Å². The highest BCUT2D eigenvalue weighted by atomic mass is 16.5. The molecule has 0 N–H and O–H groups in total. The molecule has 1 aliphatic heterocycles. The molecule has 0 fully saturated rings. The van der Waals surface area contributed by atoms with Gasteiger partial charge in [-0.3, -0.25) is 4.79 Å². The smallest absolute Gasteiger partial charge is 0.133 e. The van der Waals surface area contributed by atoms with E-state index in [1.807, 2.05) is 6.92 Å². The van der Waals surface area contributed by atoms with Crippen LogP contribution in [0.15, 0.2) is 6.07 Å². The molecule has 98 valence electrons. The minimum absolute atomic E-state index is 0.197. The Labute approximate surface area is 109 Å². The highest BCUT2D eigenvalue weighted by Crippen LogP contribution is 2.40. The van der Waals surface area contributed by atoms with Crippen LogP contribution in [0.1, 0.15) is 48.9 Å². The van der Waals surface area contributed by atoms with E-state index in [-0.39, 0.29) is 11.4 Å². The van der Waals surface area contributed by atoms with Gasteiger partial charge < -0.3 is 4.74 Å². The van der Waals surface area contributed by atoms with E-state index in [1.165, 1.54) is 22.3 Å². The zero-order chi connectivity index (χ0) is 13.5. The summed E-state index contributed by atoms with van der Waals surface area (Å²) >= 11 is 0. The van der Waals surface area contributed by atoms with Crippen LogP contribution in [0.3, 0.4) is 0 Å². The van der Waals surface area contributed by atoms with Crippen molar-refractivity contribution in [2.45, 2.75) is 59.5 Å². The van der Waals surface area contributed by atoms with Gasteiger partial charge in [0.25, 0.3) is 0 Å². The van der Waals surface area contributed by atoms with Gasteiger partial charge in [0.2, 0.25) is 0 Å². The molecule has 0 saturated heterocycles. The summed E-state index contributed by atoms with van der Waals surface area (Å²) in [5.41, 5.74) is 4.84. The van der Waals surface area contributed by atoms with E-state index >= 15 is 0 Å². The first kappa shape index (κ1) is 13.1. The Hall–Kier alpha value is -1.31. The lowest BCUT2D eigenvalue weighted by atomic mass is 9.85. The second kappa shape index (κ2) is 4.42. The van der Waals surface area contributed by atoms with Crippen molar-refractivity contribution in [3.63, 3.8) is 0 Å². The molecule has 0 amide bonds. The highest BCUT2D eigenvalue weighted by molar-refractivity contribution is 5.76. The number of ketones is 1. The van der Waals surface area contributed by atoms with E-state index in [0.717, 1.165) is 18.6 Å². The van der Waals surface area contributed by atoms with Gasteiger partial charge in [0.05, 0.1) is 0 Å². The zero-order valence-electron chi connectivity index (χ0n) is 12.0. The van der Waals surface area contributed by atoms with Gasteiger partial charge in [0.1, 0.15) is 17.1 Å². The van der Waals surface area contributed by atoms with Crippen molar-refractivity contribution < 1.29 is 9.53 Å². The van der Waals surface area contributed by atoms with Crippen LogP contribution in [0.25, 0.3) is 0 Å². The van der Waals surface area contributed by atoms with E-state index in [1.54, 1.807) is 6.92 Å². The van der Waals surface area contributed by atoms with Crippen LogP contribution in [-0.2, 0) is 11.2 Å². The van der Waals surface area contributed by atoms with Crippen LogP contribution in [-0.4, -0.2) is 11.4 Å². The Bertz CT molecular complexity index is 502. The normalized spacial score (nSPS) is 22.3. The first-order valence-corrected chi connectivity index (χ1v) is 6.60. The summed E-state index contributed by atoms with van der Waals surface area (Å²) in [5.74, 6) is 1.20. The van der Waals surface area contributed by atoms with Crippen molar-refractivity contribution in [1.82, 2.24) is 0 Å². The molecule has 0 aliphatic carbocycles. The van der Waals surface area contributed by atoms with Gasteiger partial charge in [-0.25, -0.2) is 0 Å². The predicted octanol–water partition coefficient (Wildman–Crippen LogP) is 3.67. The van der Waals surface area contributed by atoms with Crippen molar-refractivity contribution in [1.29, 1.82) is 0 Å². The van der Waals surface area contributed by atoms with Gasteiger partial charge in [-0.15, -0.1) is 0 Å². The van der Waals surface area contributed by atoms with Crippen LogP contribution in [0.4, 0.5) is 0 Å². The molecular weight excluding hydrogens is 224 g/mol. The van der Waals surface area contributed by atoms with E-state index in [2.05, 4.69) is 26.8 Å². The number of hydrogen-bond donors (Lipinski definition) is 0. The number of carbonyl (C=O) groups excluding carboxylic acids is 1. The van der Waals surface area contributed by atoms with E-state index < -0.39 is 0 Å². The molecule has 18 heavy (non-hydrogen) atoms. The van der Waals surface area contributed by atoms with Crippen LogP contribution in [0.2, 0.25) is 0 Å². The molecule has 0 bridgehead atoms. The SMILES string of the molecule is CC(=O)CC1(C)CCc2c(C)c(C)cc(C)c2O1. The second-order valence-electron chi connectivity index (χ2n) is 5.87. The maximum Gasteiger partial charge on any atom is 0.133 e. The van der Waals surface area contributed by atoms with Crippen molar-refractivity contribution in [2.24, 2.45) is 0 Å². The van der Waals surface area contributed by atoms with Gasteiger partial charge in [0.15, 0.2) is 0 Å². The third-order valence-corrected chi connectivity index (χ3v) is 3.98. The fraction of sp³-hybridized carbons (Fsp3) is 0.562. The summed E-state index contributed by atoms with van der Waals surface area (Å²) in [4.78, 5) is 11.4. The van der Waals surface area contributed by atoms with Crippen LogP contribution < -0.4 is 4.74 Å². The average molecular weight is 246 g/mol. The number of Topliss-reactive ketones (excluding diaryl/α,β-unsaturated/α-hetero) is 1. The molecule has 1 aromatic rings. The number of aryl methyl sites for hydroxylation is 2. The number of fused-ring (bicyclic) bond motifs is 1. The summed E-state index contributed by atoms with van der Waals surface area (Å²) in [6, 6.07) is 2.17. The molecule has 1 aliphatic rings. The predicted molar refractivity (Wildman–Crippen MR) is 73.3 cm³/mol. The quantitative estimate of drug-likeness (QED) is 0.795. The molecule has 0 aromatic heterocycles. The van der Waals surface area contributed by atoms with Gasteiger partial charge in [-0.1, -0.05) is 6.07 Å². The van der Waals surface area contributed by atoms with E-state index in [0.29, 0.717) is 6.42 Å². The minimum atomic E-state index is -0.328. The van der Waals surface area contributed by atoms with Crippen molar-refractivity contribution in [3.8, 4) is 5.75 Å². The summed E-state index contributed by atoms with van der Waals surface area (Å²) in [5, 5.41) is 0. The molecule has 0 radical (unpaired) electrons. The average Bonchev–Trinajstić information content (AvgIpc) is 2.24. The third-order valence-electron chi connectivity index (χ3n) is 3.98. The maximum atomic E-state index is 11.4. The first-order valence-electron chi connectivity index (χ1n) is 6.60. The Morgan fingerprint density at radius 3 is 2.61 bits per heavy atom. The van der Waals surface area contributed by atoms with Crippen LogP contribution in [0.5, 0.6) is 5.75 Å². The zero-order valence-corrected chi connectivity index (χ0v) is 12.0. The second-order valence-corrected chi connectivity index (χ2v) is 5.87. The standard InChI is InChI=1S/C16H22O2/c1-10-8-11(2)15-14(13(10)4)6-7-16(5,18-15)9-12(3)17/h8H,6-7,9H2,1-5H3. The summed E-state index contributed by atoms with van der Waals surface area (Å²) < 4.78 is 6.18. The van der Waals surface area contributed by atoms with Crippen molar-refractivity contribution in [2.75, 3.05) is 0 Å². The number of benzene rings is 1.